The second-order valence-electron chi connectivity index (χ2n) is 6.62. The summed E-state index contributed by atoms with van der Waals surface area (Å²) in [6.07, 6.45) is 4.78. The molecule has 0 atom stereocenters. The van der Waals surface area contributed by atoms with Gasteiger partial charge in [0.15, 0.2) is 0 Å². The van der Waals surface area contributed by atoms with Crippen LogP contribution in [0.3, 0.4) is 0 Å². The van der Waals surface area contributed by atoms with Crippen LogP contribution in [0.4, 0.5) is 0 Å². The fourth-order valence-electron chi connectivity index (χ4n) is 3.00. The molecule has 8 nitrogen and oxygen atoms in total. The van der Waals surface area contributed by atoms with Crippen LogP contribution in [0.25, 0.3) is 11.3 Å². The van der Waals surface area contributed by atoms with Gasteiger partial charge in [0.25, 0.3) is 0 Å². The number of aromatic amines is 1. The minimum Gasteiger partial charge on any atom is -0.545 e. The van der Waals surface area contributed by atoms with Crippen LogP contribution in [0.2, 0.25) is 0 Å². The second kappa shape index (κ2) is 11.7. The Kier molecular flexibility index (Phi) is 8.91. The molecule has 0 saturated carbocycles. The predicted octanol–water partition coefficient (Wildman–Crippen LogP) is 0.292. The number of carbonyl (C=O) groups excluding carboxylic acids is 2. The Bertz CT molecular complexity index is 795. The maximum atomic E-state index is 9.41. The minimum absolute atomic E-state index is 0.384. The fraction of sp³-hybridized carbons (Fsp3) is 0.381. The highest BCUT2D eigenvalue weighted by Gasteiger charge is 2.13. The number of hydrogen-bond donors (Lipinski definition) is 1. The molecule has 3 rings (SSSR count). The van der Waals surface area contributed by atoms with Crippen molar-refractivity contribution in [2.24, 2.45) is 0 Å². The van der Waals surface area contributed by atoms with Crippen molar-refractivity contribution in [3.05, 3.63) is 48.0 Å². The van der Waals surface area contributed by atoms with Gasteiger partial charge in [-0.3, -0.25) is 10.00 Å². The zero-order chi connectivity index (χ0) is 21.1. The van der Waals surface area contributed by atoms with Crippen molar-refractivity contribution in [1.82, 2.24) is 15.1 Å². The number of aliphatic carboxylic acids is 2. The van der Waals surface area contributed by atoms with Gasteiger partial charge in [0.1, 0.15) is 6.61 Å². The summed E-state index contributed by atoms with van der Waals surface area (Å²) in [7, 11) is 0. The summed E-state index contributed by atoms with van der Waals surface area (Å²) in [4.78, 5) is 21.3. The van der Waals surface area contributed by atoms with Crippen LogP contribution in [-0.2, 0) is 9.59 Å². The molecule has 0 bridgehead atoms. The van der Waals surface area contributed by atoms with Gasteiger partial charge < -0.3 is 24.5 Å². The van der Waals surface area contributed by atoms with Gasteiger partial charge in [-0.25, -0.2) is 0 Å². The summed E-state index contributed by atoms with van der Waals surface area (Å²) in [6, 6.07) is 10.3. The van der Waals surface area contributed by atoms with E-state index in [0.29, 0.717) is 18.8 Å². The van der Waals surface area contributed by atoms with E-state index < -0.39 is 11.9 Å². The molecule has 0 unspecified atom stereocenters. The Balaban J connectivity index is 0.000000321. The third-order valence-corrected chi connectivity index (χ3v) is 4.48. The number of nitrogens with one attached hydrogen (secondary N) is 1. The van der Waals surface area contributed by atoms with Gasteiger partial charge in [0, 0.05) is 12.1 Å². The van der Waals surface area contributed by atoms with Gasteiger partial charge in [0.05, 0.1) is 17.6 Å². The fourth-order valence-corrected chi connectivity index (χ4v) is 3.00. The number of piperidine rings is 1. The summed E-state index contributed by atoms with van der Waals surface area (Å²) in [5.41, 5.74) is 3.27. The van der Waals surface area contributed by atoms with Crippen molar-refractivity contribution in [3.8, 4) is 17.1 Å². The molecule has 1 aromatic heterocycles. The first-order chi connectivity index (χ1) is 14.0. The number of nitrogens with zero attached hydrogens (tertiary/aromatic N) is 2. The molecule has 1 N–H and O–H groups in total. The molecule has 0 spiro atoms. The molecule has 1 saturated heterocycles. The average Bonchev–Trinajstić information content (AvgIpc) is 3.09. The number of hydrogen-bond acceptors (Lipinski definition) is 7. The molecule has 1 aromatic carbocycles. The number of benzene rings is 1. The summed E-state index contributed by atoms with van der Waals surface area (Å²) in [5.74, 6) is -2.37. The van der Waals surface area contributed by atoms with Gasteiger partial charge in [0.2, 0.25) is 5.88 Å². The normalized spacial score (nSPS) is 14.2. The van der Waals surface area contributed by atoms with E-state index >= 15 is 0 Å². The third kappa shape index (κ3) is 7.79. The zero-order valence-electron chi connectivity index (χ0n) is 16.4. The predicted molar refractivity (Wildman–Crippen MR) is 104 cm³/mol. The van der Waals surface area contributed by atoms with Crippen LogP contribution in [-0.4, -0.2) is 53.3 Å². The number of rotatable bonds is 7. The molecular weight excluding hydrogens is 374 g/mol. The van der Waals surface area contributed by atoms with E-state index in [2.05, 4.69) is 34.2 Å². The molecule has 1 aliphatic heterocycles. The standard InChI is InChI=1S/C17H23N3O.C4H4O4/c1-14-16(15-8-4-2-5-9-15)18-19-17(14)21-13-12-20-10-6-3-7-11-20;5-3(6)1-2-4(7)8/h2,4-5,8-9H,3,6-7,10-13H2,1H3,(H,18,19);1-2H,(H,5,6)(H,7,8)/p-2/b;2-1-. The Hall–Kier alpha value is -3.13. The number of carbonyl (C=O) groups is 2. The SMILES string of the molecule is Cc1c(OCCN2CCCCC2)n[nH]c1-c1ccccc1.O=C([O-])/C=C\C(=O)[O-]. The van der Waals surface area contributed by atoms with Gasteiger partial charge in [-0.05, 0) is 50.6 Å². The number of aromatic nitrogens is 2. The van der Waals surface area contributed by atoms with Gasteiger partial charge in [-0.15, -0.1) is 5.10 Å². The molecule has 156 valence electrons. The average molecular weight is 399 g/mol. The number of carboxylic acids is 2. The van der Waals surface area contributed by atoms with Gasteiger partial charge in [-0.2, -0.15) is 0 Å². The first kappa shape index (κ1) is 22.2. The third-order valence-electron chi connectivity index (χ3n) is 4.48. The molecule has 2 aromatic rings. The van der Waals surface area contributed by atoms with E-state index in [-0.39, 0.29) is 0 Å². The zero-order valence-corrected chi connectivity index (χ0v) is 16.4. The molecular formula is C21H25N3O5-2. The molecule has 8 heteroatoms. The largest absolute Gasteiger partial charge is 0.545 e. The lowest BCUT2D eigenvalue weighted by atomic mass is 10.1. The molecule has 0 aliphatic carbocycles. The summed E-state index contributed by atoms with van der Waals surface area (Å²) >= 11 is 0. The van der Waals surface area contributed by atoms with Gasteiger partial charge in [-0.1, -0.05) is 36.8 Å². The summed E-state index contributed by atoms with van der Waals surface area (Å²) in [5, 5.41) is 26.2. The van der Waals surface area contributed by atoms with Crippen LogP contribution < -0.4 is 14.9 Å². The summed E-state index contributed by atoms with van der Waals surface area (Å²) in [6.45, 7) is 6.17. The Morgan fingerprint density at radius 2 is 1.72 bits per heavy atom. The van der Waals surface area contributed by atoms with Crippen molar-refractivity contribution in [2.75, 3.05) is 26.2 Å². The minimum atomic E-state index is -1.55. The molecule has 1 fully saturated rings. The lowest BCUT2D eigenvalue weighted by Crippen LogP contribution is -2.33. The van der Waals surface area contributed by atoms with E-state index in [1.807, 2.05) is 18.2 Å². The van der Waals surface area contributed by atoms with E-state index in [9.17, 15) is 19.8 Å². The Labute approximate surface area is 169 Å². The molecule has 0 radical (unpaired) electrons. The highest BCUT2D eigenvalue weighted by Crippen LogP contribution is 2.26. The number of H-pyrrole nitrogens is 1. The van der Waals surface area contributed by atoms with E-state index in [0.717, 1.165) is 29.2 Å². The maximum absolute atomic E-state index is 9.41. The highest BCUT2D eigenvalue weighted by molar-refractivity contribution is 5.87. The van der Waals surface area contributed by atoms with E-state index in [4.69, 9.17) is 4.74 Å². The van der Waals surface area contributed by atoms with Crippen LogP contribution in [0.5, 0.6) is 5.88 Å². The van der Waals surface area contributed by atoms with Crippen molar-refractivity contribution in [2.45, 2.75) is 26.2 Å². The molecule has 2 heterocycles. The smallest absolute Gasteiger partial charge is 0.236 e. The lowest BCUT2D eigenvalue weighted by molar-refractivity contribution is -0.301. The monoisotopic (exact) mass is 399 g/mol. The van der Waals surface area contributed by atoms with E-state index in [1.54, 1.807) is 0 Å². The lowest BCUT2D eigenvalue weighted by Gasteiger charge is -2.25. The van der Waals surface area contributed by atoms with Crippen LogP contribution in [0.1, 0.15) is 24.8 Å². The second-order valence-corrected chi connectivity index (χ2v) is 6.62. The highest BCUT2D eigenvalue weighted by atomic mass is 16.5. The van der Waals surface area contributed by atoms with E-state index in [1.165, 1.54) is 32.4 Å². The quantitative estimate of drug-likeness (QED) is 0.664. The van der Waals surface area contributed by atoms with Crippen LogP contribution in [0.15, 0.2) is 42.5 Å². The topological polar surface area (TPSA) is 121 Å². The van der Waals surface area contributed by atoms with Crippen molar-refractivity contribution in [1.29, 1.82) is 0 Å². The molecule has 29 heavy (non-hydrogen) atoms. The molecule has 1 aliphatic rings. The van der Waals surface area contributed by atoms with Crippen molar-refractivity contribution in [3.63, 3.8) is 0 Å². The first-order valence-electron chi connectivity index (χ1n) is 9.53. The van der Waals surface area contributed by atoms with Crippen molar-refractivity contribution >= 4 is 11.9 Å². The number of carboxylic acid groups (broad SMARTS) is 2. The first-order valence-corrected chi connectivity index (χ1v) is 9.53. The molecule has 0 amide bonds. The van der Waals surface area contributed by atoms with Gasteiger partial charge >= 0.3 is 0 Å². The van der Waals surface area contributed by atoms with Crippen LogP contribution >= 0.6 is 0 Å². The summed E-state index contributed by atoms with van der Waals surface area (Å²) < 4.78 is 5.86. The number of likely N-dealkylation sites (tertiary alicyclic amines) is 1. The van der Waals surface area contributed by atoms with Crippen LogP contribution in [0, 0.1) is 6.92 Å². The Morgan fingerprint density at radius 3 is 2.31 bits per heavy atom. The maximum Gasteiger partial charge on any atom is 0.236 e. The van der Waals surface area contributed by atoms with Crippen molar-refractivity contribution < 1.29 is 24.5 Å². The Morgan fingerprint density at radius 1 is 1.10 bits per heavy atom. The number of ether oxygens (including phenoxy) is 1.